The first-order chi connectivity index (χ1) is 7.50. The number of hydrogen-bond acceptors (Lipinski definition) is 0. The van der Waals surface area contributed by atoms with Crippen LogP contribution in [0.2, 0.25) is 0 Å². The minimum atomic E-state index is -0.879. The lowest BCUT2D eigenvalue weighted by molar-refractivity contribution is 1.33. The molecule has 0 aromatic carbocycles. The van der Waals surface area contributed by atoms with Gasteiger partial charge in [-0.3, -0.25) is 0 Å². The van der Waals surface area contributed by atoms with Gasteiger partial charge in [-0.2, -0.15) is 0 Å². The van der Waals surface area contributed by atoms with Crippen molar-refractivity contribution in [1.29, 1.82) is 0 Å². The molecule has 0 bridgehead atoms. The molecule has 1 heterocycles. The van der Waals surface area contributed by atoms with Crippen LogP contribution < -0.4 is 0 Å². The Kier molecular flexibility index (Phi) is 4.79. The quantitative estimate of drug-likeness (QED) is 0.556. The smallest absolute Gasteiger partial charge is 0.0303 e. The first kappa shape index (κ1) is 14.4. The van der Waals surface area contributed by atoms with E-state index in [0.29, 0.717) is 0 Å². The van der Waals surface area contributed by atoms with Crippen molar-refractivity contribution in [2.75, 3.05) is 24.6 Å². The number of hydrogen-bond donors (Lipinski definition) is 0. The van der Waals surface area contributed by atoms with E-state index in [2.05, 4.69) is 53.2 Å². The average molecular weight is 258 g/mol. The van der Waals surface area contributed by atoms with Crippen LogP contribution in [0.5, 0.6) is 0 Å². The highest BCUT2D eigenvalue weighted by Crippen LogP contribution is 2.79. The fraction of sp³-hybridized carbons (Fsp3) is 0.714. The van der Waals surface area contributed by atoms with E-state index in [1.807, 2.05) is 0 Å². The molecule has 0 unspecified atom stereocenters. The molecule has 0 aromatic rings. The Morgan fingerprint density at radius 2 is 0.938 bits per heavy atom. The second kappa shape index (κ2) is 5.32. The first-order valence-corrected chi connectivity index (χ1v) is 11.1. The number of allylic oxidation sites excluding steroid dienone is 2. The van der Waals surface area contributed by atoms with Gasteiger partial charge in [-0.05, 0) is 41.5 Å². The van der Waals surface area contributed by atoms with E-state index in [1.165, 1.54) is 24.6 Å². The Balaban J connectivity index is 3.23. The van der Waals surface area contributed by atoms with Crippen molar-refractivity contribution < 1.29 is 0 Å². The van der Waals surface area contributed by atoms with Crippen molar-refractivity contribution in [3.05, 3.63) is 22.3 Å². The van der Waals surface area contributed by atoms with Crippen LogP contribution in [0.1, 0.15) is 41.5 Å². The molecule has 1 rings (SSSR count). The maximum atomic E-state index is 2.73. The lowest BCUT2D eigenvalue weighted by Gasteiger charge is -2.31. The van der Waals surface area contributed by atoms with Crippen molar-refractivity contribution in [3.8, 4) is 0 Å². The van der Waals surface area contributed by atoms with Crippen LogP contribution in [0.15, 0.2) is 22.3 Å². The summed E-state index contributed by atoms with van der Waals surface area (Å²) in [6.45, 7) is 14.3. The molecule has 0 saturated heterocycles. The van der Waals surface area contributed by atoms with E-state index in [0.717, 1.165) is 0 Å². The fourth-order valence-electron chi connectivity index (χ4n) is 2.96. The molecule has 0 saturated carbocycles. The molecule has 0 amide bonds. The van der Waals surface area contributed by atoms with Gasteiger partial charge in [0, 0.05) is 0 Å². The number of rotatable bonds is 4. The second-order valence-corrected chi connectivity index (χ2v) is 13.5. The zero-order valence-electron chi connectivity index (χ0n) is 11.9. The topological polar surface area (TPSA) is 0 Å². The summed E-state index contributed by atoms with van der Waals surface area (Å²) >= 11 is 0. The summed E-state index contributed by atoms with van der Waals surface area (Å²) in [7, 11) is -1.76. The largest absolute Gasteiger partial charge is 0.108 e. The van der Waals surface area contributed by atoms with Crippen molar-refractivity contribution in [3.63, 3.8) is 0 Å². The minimum absolute atomic E-state index is 0.879. The summed E-state index contributed by atoms with van der Waals surface area (Å²) in [5.41, 5.74) is 0. The monoisotopic (exact) mass is 258 g/mol. The third kappa shape index (κ3) is 2.16. The molecule has 0 atom stereocenters. The third-order valence-electron chi connectivity index (χ3n) is 4.53. The van der Waals surface area contributed by atoms with Gasteiger partial charge in [-0.1, -0.05) is 0 Å². The molecule has 16 heavy (non-hydrogen) atoms. The van der Waals surface area contributed by atoms with Crippen LogP contribution in [0, 0.1) is 0 Å². The SMILES string of the molecule is CC[P+]1(CC)C=C(C)[P+](CC)(CC)C=C1C. The summed E-state index contributed by atoms with van der Waals surface area (Å²) < 4.78 is 0. The minimum Gasteiger partial charge on any atom is -0.0303 e. The molecular formula is C14H28P2+2. The molecule has 0 radical (unpaired) electrons. The van der Waals surface area contributed by atoms with Crippen LogP contribution in [-0.4, -0.2) is 24.6 Å². The van der Waals surface area contributed by atoms with Crippen LogP contribution in [0.25, 0.3) is 0 Å². The highest BCUT2D eigenvalue weighted by Gasteiger charge is 2.48. The van der Waals surface area contributed by atoms with Crippen molar-refractivity contribution in [2.45, 2.75) is 41.5 Å². The van der Waals surface area contributed by atoms with Gasteiger partial charge in [0.2, 0.25) is 0 Å². The Labute approximate surface area is 103 Å². The Morgan fingerprint density at radius 3 is 1.12 bits per heavy atom. The van der Waals surface area contributed by atoms with E-state index in [-0.39, 0.29) is 0 Å². The zero-order valence-corrected chi connectivity index (χ0v) is 13.7. The van der Waals surface area contributed by atoms with Gasteiger partial charge >= 0.3 is 0 Å². The van der Waals surface area contributed by atoms with E-state index >= 15 is 0 Å². The van der Waals surface area contributed by atoms with Crippen molar-refractivity contribution in [1.82, 2.24) is 0 Å². The summed E-state index contributed by atoms with van der Waals surface area (Å²) in [6, 6.07) is 0. The van der Waals surface area contributed by atoms with Gasteiger partial charge < -0.3 is 0 Å². The third-order valence-corrected chi connectivity index (χ3v) is 14.3. The van der Waals surface area contributed by atoms with E-state index < -0.39 is 14.5 Å². The Morgan fingerprint density at radius 1 is 0.688 bits per heavy atom. The molecule has 0 fully saturated rings. The highest BCUT2D eigenvalue weighted by atomic mass is 31.2. The van der Waals surface area contributed by atoms with Crippen LogP contribution in [0.3, 0.4) is 0 Å². The Bertz CT molecular complexity index is 273. The first-order valence-electron chi connectivity index (χ1n) is 6.63. The van der Waals surface area contributed by atoms with Gasteiger partial charge in [-0.25, -0.2) is 0 Å². The van der Waals surface area contributed by atoms with Crippen molar-refractivity contribution >= 4 is 14.5 Å². The van der Waals surface area contributed by atoms with E-state index in [9.17, 15) is 0 Å². The molecule has 0 nitrogen and oxygen atoms in total. The molecule has 1 aliphatic heterocycles. The molecule has 92 valence electrons. The molecule has 0 spiro atoms. The van der Waals surface area contributed by atoms with Gasteiger partial charge in [-0.15, -0.1) is 0 Å². The molecule has 0 aliphatic carbocycles. The molecule has 1 aliphatic rings. The van der Waals surface area contributed by atoms with Crippen molar-refractivity contribution in [2.24, 2.45) is 0 Å². The normalized spacial score (nSPS) is 22.6. The Hall–Kier alpha value is 0.340. The molecular weight excluding hydrogens is 230 g/mol. The molecule has 0 aromatic heterocycles. The predicted octanol–water partition coefficient (Wildman–Crippen LogP) is 5.84. The van der Waals surface area contributed by atoms with Gasteiger partial charge in [0.25, 0.3) is 0 Å². The van der Waals surface area contributed by atoms with Crippen LogP contribution >= 0.6 is 14.5 Å². The average Bonchev–Trinajstić information content (AvgIpc) is 2.31. The maximum absolute atomic E-state index is 2.73. The fourth-order valence-corrected chi connectivity index (χ4v) is 11.6. The van der Waals surface area contributed by atoms with E-state index in [4.69, 9.17) is 0 Å². The lowest BCUT2D eigenvalue weighted by atomic mass is 10.7. The maximum Gasteiger partial charge on any atom is 0.108 e. The summed E-state index contributed by atoms with van der Waals surface area (Å²) in [4.78, 5) is 0. The zero-order chi connectivity index (χ0) is 12.4. The summed E-state index contributed by atoms with van der Waals surface area (Å²) in [5, 5.41) is 3.50. The predicted molar refractivity (Wildman–Crippen MR) is 83.5 cm³/mol. The summed E-state index contributed by atoms with van der Waals surface area (Å²) in [5.74, 6) is 5.45. The molecule has 0 N–H and O–H groups in total. The summed E-state index contributed by atoms with van der Waals surface area (Å²) in [6.07, 6.45) is 5.43. The standard InChI is InChI=1S/C14H28P2/c1-7-15(8-2)11-14(6)16(9-3,10-4)12-13(15)5/h11-12H,7-10H2,1-6H3/q+2. The van der Waals surface area contributed by atoms with Gasteiger partial charge in [0.1, 0.15) is 22.3 Å². The second-order valence-electron chi connectivity index (χ2n) is 4.87. The van der Waals surface area contributed by atoms with Crippen LogP contribution in [-0.2, 0) is 0 Å². The van der Waals surface area contributed by atoms with Gasteiger partial charge in [0.15, 0.2) is 0 Å². The van der Waals surface area contributed by atoms with E-state index in [1.54, 1.807) is 10.6 Å². The molecule has 2 heteroatoms. The lowest BCUT2D eigenvalue weighted by Crippen LogP contribution is -2.08. The highest BCUT2D eigenvalue weighted by molar-refractivity contribution is 7.89. The van der Waals surface area contributed by atoms with Gasteiger partial charge in [0.05, 0.1) is 39.2 Å². The van der Waals surface area contributed by atoms with Crippen LogP contribution in [0.4, 0.5) is 0 Å².